The molecule has 1 N–H and O–H groups in total. The van der Waals surface area contributed by atoms with Crippen LogP contribution in [0.1, 0.15) is 58.5 Å². The minimum absolute atomic E-state index is 0.116. The summed E-state index contributed by atoms with van der Waals surface area (Å²) in [5, 5.41) is 2.68. The summed E-state index contributed by atoms with van der Waals surface area (Å²) in [6.07, 6.45) is -0.812. The third-order valence-corrected chi connectivity index (χ3v) is 4.51. The van der Waals surface area contributed by atoms with Crippen molar-refractivity contribution in [3.63, 3.8) is 0 Å². The van der Waals surface area contributed by atoms with E-state index in [4.69, 9.17) is 14.2 Å². The highest BCUT2D eigenvalue weighted by Crippen LogP contribution is 2.28. The van der Waals surface area contributed by atoms with Crippen molar-refractivity contribution in [1.82, 2.24) is 0 Å². The van der Waals surface area contributed by atoms with Crippen LogP contribution in [0.15, 0.2) is 36.4 Å². The average Bonchev–Trinajstić information content (AvgIpc) is 2.71. The maximum absolute atomic E-state index is 12.7. The summed E-state index contributed by atoms with van der Waals surface area (Å²) < 4.78 is 15.3. The first-order valence-corrected chi connectivity index (χ1v) is 9.56. The summed E-state index contributed by atoms with van der Waals surface area (Å²) >= 11 is 0. The fourth-order valence-corrected chi connectivity index (χ4v) is 2.88. The van der Waals surface area contributed by atoms with Gasteiger partial charge in [0.05, 0.1) is 25.3 Å². The Morgan fingerprint density at radius 1 is 0.867 bits per heavy atom. The number of hydrogen-bond acceptors (Lipinski definition) is 6. The van der Waals surface area contributed by atoms with E-state index in [2.05, 4.69) is 19.2 Å². The smallest absolute Gasteiger partial charge is 0.337 e. The van der Waals surface area contributed by atoms with Crippen LogP contribution in [0.5, 0.6) is 5.75 Å². The molecule has 30 heavy (non-hydrogen) atoms. The quantitative estimate of drug-likeness (QED) is 0.688. The van der Waals surface area contributed by atoms with E-state index >= 15 is 0 Å². The molecule has 0 aliphatic heterocycles. The molecular formula is C23H27NO6. The molecule has 2 aromatic rings. The number of nitrogens with one attached hydrogen (secondary N) is 1. The summed E-state index contributed by atoms with van der Waals surface area (Å²) in [6.45, 7) is 7.69. The molecule has 2 aromatic carbocycles. The van der Waals surface area contributed by atoms with Crippen molar-refractivity contribution < 1.29 is 28.6 Å². The first-order chi connectivity index (χ1) is 14.2. The summed E-state index contributed by atoms with van der Waals surface area (Å²) in [6, 6.07) is 10.1. The molecule has 0 bridgehead atoms. The summed E-state index contributed by atoms with van der Waals surface area (Å²) in [5.74, 6) is -0.825. The first-order valence-electron chi connectivity index (χ1n) is 9.56. The number of carbonyl (C=O) groups excluding carboxylic acids is 3. The van der Waals surface area contributed by atoms with Crippen molar-refractivity contribution in [3.05, 3.63) is 58.7 Å². The molecule has 0 aliphatic rings. The normalized spacial score (nSPS) is 11.6. The molecule has 2 rings (SSSR count). The fourth-order valence-electron chi connectivity index (χ4n) is 2.88. The summed E-state index contributed by atoms with van der Waals surface area (Å²) in [4.78, 5) is 36.5. The highest BCUT2D eigenvalue weighted by atomic mass is 16.5. The van der Waals surface area contributed by atoms with Crippen LogP contribution in [0.3, 0.4) is 0 Å². The van der Waals surface area contributed by atoms with Crippen molar-refractivity contribution >= 4 is 23.5 Å². The molecule has 0 spiro atoms. The molecule has 0 fully saturated rings. The van der Waals surface area contributed by atoms with Gasteiger partial charge in [-0.1, -0.05) is 26.0 Å². The van der Waals surface area contributed by atoms with Crippen molar-refractivity contribution in [1.29, 1.82) is 0 Å². The number of methoxy groups -OCH3 is 2. The van der Waals surface area contributed by atoms with Crippen molar-refractivity contribution in [2.75, 3.05) is 19.5 Å². The molecule has 7 nitrogen and oxygen atoms in total. The van der Waals surface area contributed by atoms with Crippen LogP contribution in [-0.2, 0) is 14.3 Å². The van der Waals surface area contributed by atoms with Gasteiger partial charge in [0, 0.05) is 5.69 Å². The second kappa shape index (κ2) is 9.91. The number of esters is 2. The Morgan fingerprint density at radius 2 is 1.43 bits per heavy atom. The minimum atomic E-state index is -0.812. The molecular weight excluding hydrogens is 386 g/mol. The molecule has 160 valence electrons. The standard InChI is InChI=1S/C23H27NO6/c1-13(2)19-8-7-14(3)9-20(19)30-15(4)21(25)24-18-11-16(22(26)28-5)10-17(12-18)23(27)29-6/h7-13,15H,1-6H3,(H,24,25)/t15-/m0/s1. The SMILES string of the molecule is COC(=O)c1cc(NC(=O)[C@H](C)Oc2cc(C)ccc2C(C)C)cc(C(=O)OC)c1. The second-order valence-electron chi connectivity index (χ2n) is 7.23. The number of ether oxygens (including phenoxy) is 3. The van der Waals surface area contributed by atoms with Crippen LogP contribution in [0.4, 0.5) is 5.69 Å². The van der Waals surface area contributed by atoms with Crippen LogP contribution in [0, 0.1) is 6.92 Å². The first kappa shape index (κ1) is 22.9. The van der Waals surface area contributed by atoms with Crippen molar-refractivity contribution in [2.24, 2.45) is 0 Å². The fraction of sp³-hybridized carbons (Fsp3) is 0.348. The van der Waals surface area contributed by atoms with E-state index in [1.54, 1.807) is 6.92 Å². The van der Waals surface area contributed by atoms with Crippen molar-refractivity contribution in [3.8, 4) is 5.75 Å². The van der Waals surface area contributed by atoms with Gasteiger partial charge in [-0.15, -0.1) is 0 Å². The lowest BCUT2D eigenvalue weighted by atomic mass is 10.0. The minimum Gasteiger partial charge on any atom is -0.481 e. The molecule has 0 heterocycles. The monoisotopic (exact) mass is 413 g/mol. The second-order valence-corrected chi connectivity index (χ2v) is 7.23. The Kier molecular flexibility index (Phi) is 7.58. The Hall–Kier alpha value is -3.35. The lowest BCUT2D eigenvalue weighted by molar-refractivity contribution is -0.122. The molecule has 0 saturated heterocycles. The zero-order chi connectivity index (χ0) is 22.4. The molecule has 0 unspecified atom stereocenters. The highest BCUT2D eigenvalue weighted by molar-refractivity contribution is 6.00. The van der Waals surface area contributed by atoms with Gasteiger partial charge in [0.15, 0.2) is 6.10 Å². The van der Waals surface area contributed by atoms with E-state index in [0.717, 1.165) is 11.1 Å². The maximum Gasteiger partial charge on any atom is 0.337 e. The number of anilines is 1. The predicted octanol–water partition coefficient (Wildman–Crippen LogP) is 4.10. The number of benzene rings is 2. The highest BCUT2D eigenvalue weighted by Gasteiger charge is 2.20. The van der Waals surface area contributed by atoms with E-state index < -0.39 is 23.9 Å². The van der Waals surface area contributed by atoms with Gasteiger partial charge in [-0.25, -0.2) is 9.59 Å². The molecule has 0 aromatic heterocycles. The Labute approximate surface area is 176 Å². The van der Waals surface area contributed by atoms with Crippen LogP contribution in [0.25, 0.3) is 0 Å². The van der Waals surface area contributed by atoms with Gasteiger partial charge in [-0.2, -0.15) is 0 Å². The third kappa shape index (κ3) is 5.59. The Bertz CT molecular complexity index is 916. The molecule has 0 radical (unpaired) electrons. The molecule has 0 aliphatic carbocycles. The molecule has 1 amide bonds. The number of hydrogen-bond donors (Lipinski definition) is 1. The summed E-state index contributed by atoms with van der Waals surface area (Å²) in [5.41, 5.74) is 2.51. The van der Waals surface area contributed by atoms with E-state index in [0.29, 0.717) is 5.75 Å². The van der Waals surface area contributed by atoms with Gasteiger partial charge in [-0.3, -0.25) is 4.79 Å². The van der Waals surface area contributed by atoms with Gasteiger partial charge in [0.1, 0.15) is 5.75 Å². The van der Waals surface area contributed by atoms with Crippen LogP contribution in [-0.4, -0.2) is 38.2 Å². The molecule has 7 heteroatoms. The van der Waals surface area contributed by atoms with Crippen molar-refractivity contribution in [2.45, 2.75) is 39.7 Å². The lowest BCUT2D eigenvalue weighted by Gasteiger charge is -2.19. The lowest BCUT2D eigenvalue weighted by Crippen LogP contribution is -2.30. The van der Waals surface area contributed by atoms with Gasteiger partial charge in [0.25, 0.3) is 5.91 Å². The van der Waals surface area contributed by atoms with Gasteiger partial charge in [0.2, 0.25) is 0 Å². The Morgan fingerprint density at radius 3 is 1.93 bits per heavy atom. The number of aryl methyl sites for hydroxylation is 1. The molecule has 1 atom stereocenters. The van der Waals surface area contributed by atoms with Gasteiger partial charge >= 0.3 is 11.9 Å². The average molecular weight is 413 g/mol. The van der Waals surface area contributed by atoms with Crippen LogP contribution < -0.4 is 10.1 Å². The predicted molar refractivity (Wildman–Crippen MR) is 113 cm³/mol. The number of carbonyl (C=O) groups is 3. The van der Waals surface area contributed by atoms with E-state index in [1.807, 2.05) is 25.1 Å². The summed E-state index contributed by atoms with van der Waals surface area (Å²) in [7, 11) is 2.46. The van der Waals surface area contributed by atoms with E-state index in [1.165, 1.54) is 32.4 Å². The number of rotatable bonds is 7. The zero-order valence-electron chi connectivity index (χ0n) is 18.1. The third-order valence-electron chi connectivity index (χ3n) is 4.51. The van der Waals surface area contributed by atoms with Gasteiger partial charge < -0.3 is 19.5 Å². The molecule has 0 saturated carbocycles. The van der Waals surface area contributed by atoms with E-state index in [-0.39, 0.29) is 22.7 Å². The zero-order valence-corrected chi connectivity index (χ0v) is 18.1. The number of amides is 1. The van der Waals surface area contributed by atoms with Gasteiger partial charge in [-0.05, 0) is 55.2 Å². The topological polar surface area (TPSA) is 90.9 Å². The maximum atomic E-state index is 12.7. The van der Waals surface area contributed by atoms with Crippen LogP contribution >= 0.6 is 0 Å². The van der Waals surface area contributed by atoms with E-state index in [9.17, 15) is 14.4 Å². The Balaban J connectivity index is 2.26. The van der Waals surface area contributed by atoms with Crippen LogP contribution in [0.2, 0.25) is 0 Å². The largest absolute Gasteiger partial charge is 0.481 e.